The van der Waals surface area contributed by atoms with E-state index in [-0.39, 0.29) is 17.7 Å². The maximum absolute atomic E-state index is 12.6. The average Bonchev–Trinajstić information content (AvgIpc) is 2.63. The molecule has 0 aliphatic heterocycles. The van der Waals surface area contributed by atoms with Crippen LogP contribution in [0, 0.1) is 11.8 Å². The van der Waals surface area contributed by atoms with E-state index in [1.165, 1.54) is 0 Å². The van der Waals surface area contributed by atoms with Gasteiger partial charge in [0.25, 0.3) is 0 Å². The van der Waals surface area contributed by atoms with Crippen LogP contribution in [0.5, 0.6) is 11.5 Å². The van der Waals surface area contributed by atoms with Crippen molar-refractivity contribution in [3.63, 3.8) is 0 Å². The lowest BCUT2D eigenvalue weighted by atomic mass is 9.81. The number of methoxy groups -OCH3 is 1. The molecule has 1 fully saturated rings. The molecule has 1 saturated carbocycles. The highest BCUT2D eigenvalue weighted by molar-refractivity contribution is 5.94. The fraction of sp³-hybridized carbons (Fsp3) is 0.579. The molecule has 1 aliphatic rings. The second-order valence-corrected chi connectivity index (χ2v) is 6.44. The summed E-state index contributed by atoms with van der Waals surface area (Å²) in [6, 6.07) is 5.35. The number of benzene rings is 1. The lowest BCUT2D eigenvalue weighted by molar-refractivity contribution is -0.143. The zero-order valence-electron chi connectivity index (χ0n) is 14.9. The van der Waals surface area contributed by atoms with E-state index >= 15 is 0 Å². The molecule has 0 spiro atoms. The molecule has 138 valence electrons. The van der Waals surface area contributed by atoms with Crippen molar-refractivity contribution in [2.75, 3.05) is 19.0 Å². The monoisotopic (exact) mass is 349 g/mol. The lowest BCUT2D eigenvalue weighted by Gasteiger charge is -2.25. The lowest BCUT2D eigenvalue weighted by Crippen LogP contribution is -2.29. The zero-order chi connectivity index (χ0) is 18.2. The van der Waals surface area contributed by atoms with Crippen LogP contribution in [0.2, 0.25) is 0 Å². The van der Waals surface area contributed by atoms with Gasteiger partial charge in [0.2, 0.25) is 5.91 Å². The molecule has 1 aromatic rings. The van der Waals surface area contributed by atoms with E-state index in [1.54, 1.807) is 25.3 Å². The smallest absolute Gasteiger partial charge is 0.306 e. The first-order valence-corrected chi connectivity index (χ1v) is 8.89. The number of carboxylic acid groups (broad SMARTS) is 1. The number of aliphatic carboxylic acids is 1. The first kappa shape index (κ1) is 19.1. The predicted octanol–water partition coefficient (Wildman–Crippen LogP) is 3.70. The Labute approximate surface area is 148 Å². The minimum atomic E-state index is -0.765. The molecule has 0 bridgehead atoms. The van der Waals surface area contributed by atoms with Crippen LogP contribution >= 0.6 is 0 Å². The summed E-state index contributed by atoms with van der Waals surface area (Å²) in [4.78, 5) is 23.6. The van der Waals surface area contributed by atoms with E-state index in [0.29, 0.717) is 49.5 Å². The number of anilines is 1. The van der Waals surface area contributed by atoms with Gasteiger partial charge in [-0.25, -0.2) is 0 Å². The number of nitrogens with one attached hydrogen (secondary N) is 1. The number of unbranched alkanes of at least 4 members (excludes halogenated alkanes) is 1. The Morgan fingerprint density at radius 1 is 1.20 bits per heavy atom. The SMILES string of the molecule is CCCCOc1ccc(OC)cc1NC(=O)C1CCC(C(=O)O)CC1. The highest BCUT2D eigenvalue weighted by Crippen LogP contribution is 2.33. The van der Waals surface area contributed by atoms with Crippen LogP contribution in [0.4, 0.5) is 5.69 Å². The van der Waals surface area contributed by atoms with Gasteiger partial charge in [0.15, 0.2) is 0 Å². The quantitative estimate of drug-likeness (QED) is 0.699. The van der Waals surface area contributed by atoms with Gasteiger partial charge in [-0.1, -0.05) is 13.3 Å². The van der Waals surface area contributed by atoms with Crippen LogP contribution in [0.25, 0.3) is 0 Å². The number of carbonyl (C=O) groups excluding carboxylic acids is 1. The van der Waals surface area contributed by atoms with Gasteiger partial charge in [-0.2, -0.15) is 0 Å². The Balaban J connectivity index is 2.02. The predicted molar refractivity (Wildman–Crippen MR) is 95.1 cm³/mol. The summed E-state index contributed by atoms with van der Waals surface area (Å²) < 4.78 is 11.0. The van der Waals surface area contributed by atoms with Gasteiger partial charge < -0.3 is 19.9 Å². The van der Waals surface area contributed by atoms with Crippen molar-refractivity contribution in [1.82, 2.24) is 0 Å². The van der Waals surface area contributed by atoms with Gasteiger partial charge in [-0.3, -0.25) is 9.59 Å². The third kappa shape index (κ3) is 5.37. The van der Waals surface area contributed by atoms with E-state index in [9.17, 15) is 9.59 Å². The van der Waals surface area contributed by atoms with Crippen molar-refractivity contribution < 1.29 is 24.2 Å². The fourth-order valence-electron chi connectivity index (χ4n) is 3.02. The molecule has 0 radical (unpaired) electrons. The summed E-state index contributed by atoms with van der Waals surface area (Å²) in [6.07, 6.45) is 4.26. The van der Waals surface area contributed by atoms with Crippen LogP contribution in [0.1, 0.15) is 45.4 Å². The second-order valence-electron chi connectivity index (χ2n) is 6.44. The molecule has 2 N–H and O–H groups in total. The Hall–Kier alpha value is -2.24. The van der Waals surface area contributed by atoms with Crippen molar-refractivity contribution in [3.8, 4) is 11.5 Å². The van der Waals surface area contributed by atoms with Crippen molar-refractivity contribution >= 4 is 17.6 Å². The molecule has 0 aromatic heterocycles. The number of hydrogen-bond acceptors (Lipinski definition) is 4. The van der Waals surface area contributed by atoms with Crippen LogP contribution in [-0.4, -0.2) is 30.7 Å². The van der Waals surface area contributed by atoms with Gasteiger partial charge in [0, 0.05) is 12.0 Å². The van der Waals surface area contributed by atoms with Gasteiger partial charge in [-0.15, -0.1) is 0 Å². The van der Waals surface area contributed by atoms with E-state index < -0.39 is 5.97 Å². The molecule has 0 unspecified atom stereocenters. The third-order valence-electron chi connectivity index (χ3n) is 4.65. The van der Waals surface area contributed by atoms with E-state index in [4.69, 9.17) is 14.6 Å². The van der Waals surface area contributed by atoms with Gasteiger partial charge in [0.05, 0.1) is 25.3 Å². The Morgan fingerprint density at radius 3 is 2.48 bits per heavy atom. The number of carboxylic acids is 1. The molecule has 25 heavy (non-hydrogen) atoms. The van der Waals surface area contributed by atoms with Crippen molar-refractivity contribution in [1.29, 1.82) is 0 Å². The molecule has 1 aliphatic carbocycles. The van der Waals surface area contributed by atoms with Gasteiger partial charge >= 0.3 is 5.97 Å². The number of hydrogen-bond donors (Lipinski definition) is 2. The van der Waals surface area contributed by atoms with Crippen LogP contribution in [-0.2, 0) is 9.59 Å². The summed E-state index contributed by atoms with van der Waals surface area (Å²) in [5, 5.41) is 12.0. The molecule has 6 nitrogen and oxygen atoms in total. The Kier molecular flexibility index (Phi) is 7.10. The molecule has 6 heteroatoms. The highest BCUT2D eigenvalue weighted by Gasteiger charge is 2.30. The first-order valence-electron chi connectivity index (χ1n) is 8.89. The standard InChI is InChI=1S/C19H27NO5/c1-3-4-11-25-17-10-9-15(24-2)12-16(17)20-18(21)13-5-7-14(8-6-13)19(22)23/h9-10,12-14H,3-8,11H2,1-2H3,(H,20,21)(H,22,23). The molecular weight excluding hydrogens is 322 g/mol. The fourth-order valence-corrected chi connectivity index (χ4v) is 3.02. The molecule has 1 aromatic carbocycles. The van der Waals surface area contributed by atoms with E-state index in [0.717, 1.165) is 12.8 Å². The molecular formula is C19H27NO5. The summed E-state index contributed by atoms with van der Waals surface area (Å²) in [5.41, 5.74) is 0.598. The van der Waals surface area contributed by atoms with Gasteiger partial charge in [-0.05, 0) is 44.2 Å². The zero-order valence-corrected chi connectivity index (χ0v) is 14.9. The van der Waals surface area contributed by atoms with E-state index in [2.05, 4.69) is 12.2 Å². The van der Waals surface area contributed by atoms with Gasteiger partial charge in [0.1, 0.15) is 11.5 Å². The Morgan fingerprint density at radius 2 is 1.88 bits per heavy atom. The third-order valence-corrected chi connectivity index (χ3v) is 4.65. The number of ether oxygens (including phenoxy) is 2. The maximum Gasteiger partial charge on any atom is 0.306 e. The van der Waals surface area contributed by atoms with Crippen molar-refractivity contribution in [2.45, 2.75) is 45.4 Å². The van der Waals surface area contributed by atoms with Crippen molar-refractivity contribution in [3.05, 3.63) is 18.2 Å². The Bertz CT molecular complexity index is 593. The largest absolute Gasteiger partial charge is 0.497 e. The summed E-state index contributed by atoms with van der Waals surface area (Å²) >= 11 is 0. The first-order chi connectivity index (χ1) is 12.0. The van der Waals surface area contributed by atoms with Crippen molar-refractivity contribution in [2.24, 2.45) is 11.8 Å². The topological polar surface area (TPSA) is 84.9 Å². The normalized spacial score (nSPS) is 19.9. The molecule has 0 atom stereocenters. The summed E-state index contributed by atoms with van der Waals surface area (Å²) in [7, 11) is 1.58. The minimum absolute atomic E-state index is 0.0857. The minimum Gasteiger partial charge on any atom is -0.497 e. The molecule has 2 rings (SSSR count). The van der Waals surface area contributed by atoms with Crippen LogP contribution < -0.4 is 14.8 Å². The number of carbonyl (C=O) groups is 2. The summed E-state index contributed by atoms with van der Waals surface area (Å²) in [6.45, 7) is 2.68. The molecule has 0 saturated heterocycles. The summed E-state index contributed by atoms with van der Waals surface area (Å²) in [5.74, 6) is -0.0654. The second kappa shape index (κ2) is 9.30. The number of rotatable bonds is 8. The molecule has 0 heterocycles. The van der Waals surface area contributed by atoms with Crippen LogP contribution in [0.15, 0.2) is 18.2 Å². The molecule has 1 amide bonds. The highest BCUT2D eigenvalue weighted by atomic mass is 16.5. The van der Waals surface area contributed by atoms with E-state index in [1.807, 2.05) is 0 Å². The maximum atomic E-state index is 12.6. The average molecular weight is 349 g/mol. The number of amides is 1. The van der Waals surface area contributed by atoms with Crippen LogP contribution in [0.3, 0.4) is 0 Å².